The number of hydrogen-bond donors (Lipinski definition) is 0. The maximum Gasteiger partial charge on any atom is 0.334 e. The second kappa shape index (κ2) is 5.26. The molecule has 6 nitrogen and oxygen atoms in total. The summed E-state index contributed by atoms with van der Waals surface area (Å²) in [6.07, 6.45) is 1.82. The summed E-state index contributed by atoms with van der Waals surface area (Å²) in [5, 5.41) is 0. The van der Waals surface area contributed by atoms with Crippen LogP contribution >= 0.6 is 0 Å². The first-order chi connectivity index (χ1) is 13.0. The highest BCUT2D eigenvalue weighted by molar-refractivity contribution is 5.92. The van der Waals surface area contributed by atoms with Crippen LogP contribution in [0.3, 0.4) is 0 Å². The number of fused-ring (bicyclic) bond motifs is 4. The molecule has 0 N–H and O–H groups in total. The van der Waals surface area contributed by atoms with Crippen molar-refractivity contribution in [1.29, 1.82) is 0 Å². The van der Waals surface area contributed by atoms with E-state index in [-0.39, 0.29) is 53.8 Å². The summed E-state index contributed by atoms with van der Waals surface area (Å²) in [5.74, 6) is -0.278. The Morgan fingerprint density at radius 1 is 1.18 bits per heavy atom. The average molecular weight is 388 g/mol. The van der Waals surface area contributed by atoms with Crippen molar-refractivity contribution in [3.8, 4) is 0 Å². The Kier molecular flexibility index (Phi) is 3.45. The SMILES string of the molecule is CC(=O)O[C@@H]1CC(=O)C(C)(C)[C@H]2CC[C@@]34O[C@@H]3C3=C(C)C(=O)O[C@@H]3C[C@H]4[C@@]21C. The summed E-state index contributed by atoms with van der Waals surface area (Å²) in [7, 11) is 0. The third-order valence-corrected chi connectivity index (χ3v) is 8.67. The molecule has 0 amide bonds. The second-order valence-electron chi connectivity index (χ2n) is 10.1. The van der Waals surface area contributed by atoms with Crippen LogP contribution in [0.5, 0.6) is 0 Å². The quantitative estimate of drug-likeness (QED) is 0.507. The second-order valence-corrected chi connectivity index (χ2v) is 10.1. The van der Waals surface area contributed by atoms with E-state index in [1.165, 1.54) is 6.92 Å². The molecule has 3 saturated carbocycles. The number of carbonyl (C=O) groups excluding carboxylic acids is 3. The fourth-order valence-corrected chi connectivity index (χ4v) is 7.24. The van der Waals surface area contributed by atoms with Crippen LogP contribution in [0, 0.1) is 22.7 Å². The van der Waals surface area contributed by atoms with E-state index < -0.39 is 16.9 Å². The van der Waals surface area contributed by atoms with Crippen molar-refractivity contribution in [2.75, 3.05) is 0 Å². The molecule has 0 aromatic carbocycles. The van der Waals surface area contributed by atoms with Gasteiger partial charge in [0.2, 0.25) is 0 Å². The van der Waals surface area contributed by atoms with E-state index in [1.54, 1.807) is 0 Å². The molecule has 6 heteroatoms. The lowest BCUT2D eigenvalue weighted by atomic mass is 9.43. The molecule has 4 fully saturated rings. The fraction of sp³-hybridized carbons (Fsp3) is 0.773. The Bertz CT molecular complexity index is 840. The lowest BCUT2D eigenvalue weighted by molar-refractivity contribution is -0.200. The van der Waals surface area contributed by atoms with Gasteiger partial charge in [0.25, 0.3) is 0 Å². The molecule has 0 radical (unpaired) electrons. The summed E-state index contributed by atoms with van der Waals surface area (Å²) in [6, 6.07) is 0. The number of ether oxygens (including phenoxy) is 3. The maximum atomic E-state index is 12.9. The van der Waals surface area contributed by atoms with Gasteiger partial charge in [-0.15, -0.1) is 0 Å². The fourth-order valence-electron chi connectivity index (χ4n) is 7.24. The monoisotopic (exact) mass is 388 g/mol. The molecule has 7 atom stereocenters. The van der Waals surface area contributed by atoms with Crippen LogP contribution in [0.25, 0.3) is 0 Å². The van der Waals surface area contributed by atoms with Crippen molar-refractivity contribution in [3.63, 3.8) is 0 Å². The van der Waals surface area contributed by atoms with E-state index in [2.05, 4.69) is 6.92 Å². The van der Waals surface area contributed by atoms with Crippen LogP contribution in [0.1, 0.15) is 60.3 Å². The van der Waals surface area contributed by atoms with E-state index in [1.807, 2.05) is 20.8 Å². The Labute approximate surface area is 165 Å². The lowest BCUT2D eigenvalue weighted by Crippen LogP contribution is -2.65. The molecule has 0 unspecified atom stereocenters. The number of esters is 2. The molecule has 5 aliphatic rings. The highest BCUT2D eigenvalue weighted by Crippen LogP contribution is 2.71. The summed E-state index contributed by atoms with van der Waals surface area (Å²) < 4.78 is 17.8. The van der Waals surface area contributed by atoms with Crippen LogP contribution in [0.4, 0.5) is 0 Å². The molecule has 0 aromatic heterocycles. The molecule has 3 aliphatic carbocycles. The summed E-state index contributed by atoms with van der Waals surface area (Å²) in [4.78, 5) is 37.0. The summed E-state index contributed by atoms with van der Waals surface area (Å²) in [5.41, 5.74) is 0.508. The van der Waals surface area contributed by atoms with E-state index in [0.29, 0.717) is 12.0 Å². The van der Waals surface area contributed by atoms with E-state index >= 15 is 0 Å². The molecule has 5 rings (SSSR count). The number of rotatable bonds is 1. The predicted octanol–water partition coefficient (Wildman–Crippen LogP) is 2.73. The molecule has 0 bridgehead atoms. The maximum absolute atomic E-state index is 12.9. The molecular formula is C22H28O6. The zero-order valence-corrected chi connectivity index (χ0v) is 17.2. The third-order valence-electron chi connectivity index (χ3n) is 8.67. The molecular weight excluding hydrogens is 360 g/mol. The molecule has 152 valence electrons. The minimum Gasteiger partial charge on any atom is -0.461 e. The molecule has 2 aliphatic heterocycles. The van der Waals surface area contributed by atoms with E-state index in [0.717, 1.165) is 18.4 Å². The average Bonchev–Trinajstić information content (AvgIpc) is 3.24. The van der Waals surface area contributed by atoms with Gasteiger partial charge < -0.3 is 14.2 Å². The summed E-state index contributed by atoms with van der Waals surface area (Å²) in [6.45, 7) is 9.45. The van der Waals surface area contributed by atoms with Gasteiger partial charge in [-0.25, -0.2) is 4.79 Å². The standard InChI is InChI=1S/C22H28O6/c1-10-17-12(27-19(10)25)8-14-21(5)13(6-7-22(14)18(17)28-22)20(3,4)15(24)9-16(21)26-11(2)23/h12-14,16,18H,6-9H2,1-5H3/t12-,13-,14+,16-,18-,21-,22+/m1/s1. The first-order valence-electron chi connectivity index (χ1n) is 10.3. The largest absolute Gasteiger partial charge is 0.461 e. The van der Waals surface area contributed by atoms with Gasteiger partial charge in [0, 0.05) is 41.2 Å². The Morgan fingerprint density at radius 2 is 1.89 bits per heavy atom. The summed E-state index contributed by atoms with van der Waals surface area (Å²) >= 11 is 0. The van der Waals surface area contributed by atoms with Gasteiger partial charge >= 0.3 is 11.9 Å². The number of Topliss-reactive ketones (excluding diaryl/α,β-unsaturated/α-hetero) is 1. The molecule has 28 heavy (non-hydrogen) atoms. The van der Waals surface area contributed by atoms with Gasteiger partial charge in [0.15, 0.2) is 0 Å². The zero-order chi connectivity index (χ0) is 20.2. The minimum atomic E-state index is -0.476. The number of ketones is 1. The molecule has 1 spiro atoms. The minimum absolute atomic E-state index is 0.0768. The molecule has 1 saturated heterocycles. The first-order valence-corrected chi connectivity index (χ1v) is 10.3. The highest BCUT2D eigenvalue weighted by Gasteiger charge is 2.77. The van der Waals surface area contributed by atoms with Crippen molar-refractivity contribution >= 4 is 17.7 Å². The van der Waals surface area contributed by atoms with Crippen molar-refractivity contribution < 1.29 is 28.6 Å². The van der Waals surface area contributed by atoms with Crippen molar-refractivity contribution in [2.45, 2.75) is 84.2 Å². The molecule has 0 aromatic rings. The topological polar surface area (TPSA) is 82.2 Å². The van der Waals surface area contributed by atoms with Gasteiger partial charge in [0.1, 0.15) is 29.7 Å². The van der Waals surface area contributed by atoms with Crippen molar-refractivity contribution in [1.82, 2.24) is 0 Å². The van der Waals surface area contributed by atoms with Crippen LogP contribution in [-0.4, -0.2) is 41.6 Å². The normalized spacial score (nSPS) is 48.1. The smallest absolute Gasteiger partial charge is 0.334 e. The predicted molar refractivity (Wildman–Crippen MR) is 98.1 cm³/mol. The highest BCUT2D eigenvalue weighted by atomic mass is 16.6. The first kappa shape index (κ1) is 18.3. The van der Waals surface area contributed by atoms with Crippen molar-refractivity contribution in [2.24, 2.45) is 22.7 Å². The van der Waals surface area contributed by atoms with Gasteiger partial charge in [-0.3, -0.25) is 9.59 Å². The third kappa shape index (κ3) is 2.00. The van der Waals surface area contributed by atoms with Crippen LogP contribution in [0.2, 0.25) is 0 Å². The number of epoxide rings is 1. The Hall–Kier alpha value is -1.69. The zero-order valence-electron chi connectivity index (χ0n) is 17.2. The van der Waals surface area contributed by atoms with Gasteiger partial charge in [0.05, 0.1) is 0 Å². The number of hydrogen-bond acceptors (Lipinski definition) is 6. The van der Waals surface area contributed by atoms with Crippen LogP contribution in [0.15, 0.2) is 11.1 Å². The van der Waals surface area contributed by atoms with Gasteiger partial charge in [-0.05, 0) is 32.1 Å². The van der Waals surface area contributed by atoms with Crippen LogP contribution < -0.4 is 0 Å². The van der Waals surface area contributed by atoms with Crippen molar-refractivity contribution in [3.05, 3.63) is 11.1 Å². The van der Waals surface area contributed by atoms with E-state index in [9.17, 15) is 14.4 Å². The van der Waals surface area contributed by atoms with Gasteiger partial charge in [-0.1, -0.05) is 20.8 Å². The van der Waals surface area contributed by atoms with E-state index in [4.69, 9.17) is 14.2 Å². The number of carbonyl (C=O) groups is 3. The molecule has 2 heterocycles. The van der Waals surface area contributed by atoms with Crippen LogP contribution in [-0.2, 0) is 28.6 Å². The van der Waals surface area contributed by atoms with Gasteiger partial charge in [-0.2, -0.15) is 0 Å². The Balaban J connectivity index is 1.60. The lowest BCUT2D eigenvalue weighted by Gasteiger charge is -2.61. The Morgan fingerprint density at radius 3 is 2.57 bits per heavy atom.